The van der Waals surface area contributed by atoms with Crippen LogP contribution >= 0.6 is 0 Å². The predicted molar refractivity (Wildman–Crippen MR) is 50.0 cm³/mol. The van der Waals surface area contributed by atoms with E-state index in [1.54, 1.807) is 0 Å². The molecule has 0 aromatic carbocycles. The van der Waals surface area contributed by atoms with E-state index in [1.165, 1.54) is 26.4 Å². The van der Waals surface area contributed by atoms with E-state index in [0.717, 1.165) is 34.3 Å². The molecule has 0 radical (unpaired) electrons. The average molecular weight is 270 g/mol. The van der Waals surface area contributed by atoms with E-state index in [-0.39, 0.29) is 0 Å². The second-order valence-corrected chi connectivity index (χ2v) is 1.45. The summed E-state index contributed by atoms with van der Waals surface area (Å²) in [4.78, 5) is 35.4. The average Bonchev–Trinajstić information content (AvgIpc) is 2.07. The molecular formula is C8H14O7Ti. The van der Waals surface area contributed by atoms with Crippen LogP contribution in [-0.2, 0) is 42.9 Å². The first-order chi connectivity index (χ1) is 7.29. The van der Waals surface area contributed by atoms with E-state index in [4.69, 9.17) is 32.7 Å². The van der Waals surface area contributed by atoms with Crippen molar-refractivity contribution < 1.29 is 53.1 Å². The third-order valence-electron chi connectivity index (χ3n) is 0. The Labute approximate surface area is 106 Å². The fourth-order valence-corrected chi connectivity index (χ4v) is 0. The molecule has 0 saturated carbocycles. The SMILES string of the molecule is CC(=O)O.CC(=O)O.C[C-]=O.C[C-]=O.[O]=[Ti+2]. The minimum atomic E-state index is -0.833. The quantitative estimate of drug-likeness (QED) is 0.478. The van der Waals surface area contributed by atoms with Crippen LogP contribution in [0, 0.1) is 0 Å². The molecule has 0 aliphatic heterocycles. The van der Waals surface area contributed by atoms with Gasteiger partial charge in [-0.3, -0.25) is 22.2 Å². The predicted octanol–water partition coefficient (Wildman–Crippen LogP) is 0.292. The first-order valence-corrected chi connectivity index (χ1v) is 4.11. The number of carbonyl (C=O) groups is 2. The summed E-state index contributed by atoms with van der Waals surface area (Å²) in [5.41, 5.74) is 0. The van der Waals surface area contributed by atoms with Crippen LogP contribution in [0.4, 0.5) is 0 Å². The van der Waals surface area contributed by atoms with Crippen molar-refractivity contribution in [3.8, 4) is 0 Å². The van der Waals surface area contributed by atoms with Gasteiger partial charge < -0.3 is 19.8 Å². The Morgan fingerprint density at radius 3 is 0.875 bits per heavy atom. The summed E-state index contributed by atoms with van der Waals surface area (Å²) in [6, 6.07) is 0. The molecule has 0 rings (SSSR count). The van der Waals surface area contributed by atoms with Crippen molar-refractivity contribution >= 4 is 24.5 Å². The second-order valence-electron chi connectivity index (χ2n) is 1.45. The molecule has 0 fully saturated rings. The zero-order chi connectivity index (χ0) is 14.6. The topological polar surface area (TPSA) is 126 Å². The van der Waals surface area contributed by atoms with Gasteiger partial charge in [0.05, 0.1) is 0 Å². The van der Waals surface area contributed by atoms with Crippen LogP contribution in [0.1, 0.15) is 27.7 Å². The molecule has 2 N–H and O–H groups in total. The van der Waals surface area contributed by atoms with Crippen LogP contribution in [0.5, 0.6) is 0 Å². The van der Waals surface area contributed by atoms with Gasteiger partial charge in [-0.05, 0) is 0 Å². The minimum absolute atomic E-state index is 0.750. The molecule has 16 heavy (non-hydrogen) atoms. The van der Waals surface area contributed by atoms with Crippen molar-refractivity contribution in [2.75, 3.05) is 0 Å². The molecule has 8 heteroatoms. The van der Waals surface area contributed by atoms with E-state index < -0.39 is 11.9 Å². The van der Waals surface area contributed by atoms with Gasteiger partial charge in [-0.15, -0.1) is 0 Å². The zero-order valence-electron chi connectivity index (χ0n) is 9.44. The van der Waals surface area contributed by atoms with Gasteiger partial charge in [-0.25, -0.2) is 0 Å². The van der Waals surface area contributed by atoms with Crippen molar-refractivity contribution in [3.63, 3.8) is 0 Å². The Morgan fingerprint density at radius 2 is 0.875 bits per heavy atom. The Kier molecular flexibility index (Phi) is 89.7. The van der Waals surface area contributed by atoms with Crippen LogP contribution < -0.4 is 0 Å². The number of hydrogen-bond donors (Lipinski definition) is 2. The van der Waals surface area contributed by atoms with Gasteiger partial charge in [0.1, 0.15) is 0 Å². The number of aliphatic carboxylic acids is 2. The molecule has 0 bridgehead atoms. The van der Waals surface area contributed by atoms with Gasteiger partial charge >= 0.3 is 23.7 Å². The zero-order valence-corrected chi connectivity index (χ0v) is 11.0. The fourth-order valence-electron chi connectivity index (χ4n) is 0. The molecule has 0 amide bonds. The van der Waals surface area contributed by atoms with E-state index in [9.17, 15) is 0 Å². The van der Waals surface area contributed by atoms with Gasteiger partial charge in [0.2, 0.25) is 0 Å². The first kappa shape index (κ1) is 29.3. The van der Waals surface area contributed by atoms with Gasteiger partial charge in [-0.1, -0.05) is 0 Å². The van der Waals surface area contributed by atoms with Crippen molar-refractivity contribution in [1.82, 2.24) is 0 Å². The Morgan fingerprint density at radius 1 is 0.875 bits per heavy atom. The normalized spacial score (nSPS) is 5.12. The van der Waals surface area contributed by atoms with Gasteiger partial charge in [0.15, 0.2) is 0 Å². The Balaban J connectivity index is -0.0000000322. The van der Waals surface area contributed by atoms with E-state index >= 15 is 0 Å². The summed E-state index contributed by atoms with van der Waals surface area (Å²) in [5, 5.41) is 14.8. The van der Waals surface area contributed by atoms with Crippen LogP contribution in [0.3, 0.4) is 0 Å². The molecular weight excluding hydrogens is 256 g/mol. The van der Waals surface area contributed by atoms with Crippen molar-refractivity contribution in [2.24, 2.45) is 0 Å². The summed E-state index contributed by atoms with van der Waals surface area (Å²) in [5.74, 6) is -1.67. The van der Waals surface area contributed by atoms with Gasteiger partial charge in [0.25, 0.3) is 11.9 Å². The maximum atomic E-state index is 9.00. The summed E-state index contributed by atoms with van der Waals surface area (Å²) >= 11 is 0.750. The standard InChI is InChI=1S/2C2H4O2.2C2H3O.O.Ti/c2*1-2(3)4;2*1-2-3;;/h2*1H3,(H,3,4);2*1H3;;/q;;2*-1;;+2. The molecule has 0 unspecified atom stereocenters. The maximum absolute atomic E-state index is 9.00. The number of carboxylic acids is 2. The fraction of sp³-hybridized carbons (Fsp3) is 0.500. The molecule has 92 valence electrons. The molecule has 0 aliphatic carbocycles. The van der Waals surface area contributed by atoms with Crippen LogP contribution in [0.2, 0.25) is 0 Å². The summed E-state index contributed by atoms with van der Waals surface area (Å²) in [6.07, 6.45) is 3.00. The van der Waals surface area contributed by atoms with Gasteiger partial charge in [-0.2, -0.15) is 13.8 Å². The van der Waals surface area contributed by atoms with E-state index in [2.05, 4.69) is 0 Å². The third-order valence-corrected chi connectivity index (χ3v) is 0. The molecule has 7 nitrogen and oxygen atoms in total. The summed E-state index contributed by atoms with van der Waals surface area (Å²) < 4.78 is 8.25. The molecule has 0 saturated heterocycles. The number of carbonyl (C=O) groups excluding carboxylic acids is 2. The molecule has 0 spiro atoms. The summed E-state index contributed by atoms with van der Waals surface area (Å²) in [7, 11) is 0. The monoisotopic (exact) mass is 270 g/mol. The van der Waals surface area contributed by atoms with Crippen LogP contribution in [-0.4, -0.2) is 34.7 Å². The Hall–Kier alpha value is -1.21. The van der Waals surface area contributed by atoms with Crippen LogP contribution in [0.15, 0.2) is 0 Å². The first-order valence-electron chi connectivity index (χ1n) is 3.47. The van der Waals surface area contributed by atoms with Crippen LogP contribution in [0.25, 0.3) is 0 Å². The number of hydrogen-bond acceptors (Lipinski definition) is 5. The van der Waals surface area contributed by atoms with Crippen molar-refractivity contribution in [1.29, 1.82) is 0 Å². The van der Waals surface area contributed by atoms with E-state index in [0.29, 0.717) is 0 Å². The molecule has 0 atom stereocenters. The molecule has 0 aromatic rings. The van der Waals surface area contributed by atoms with E-state index in [1.807, 2.05) is 0 Å². The Bertz CT molecular complexity index is 144. The number of carboxylic acid groups (broad SMARTS) is 2. The summed E-state index contributed by atoms with van der Waals surface area (Å²) in [6.45, 7) is 4.81. The van der Waals surface area contributed by atoms with Crippen molar-refractivity contribution in [2.45, 2.75) is 27.7 Å². The number of rotatable bonds is 0. The van der Waals surface area contributed by atoms with Gasteiger partial charge in [0, 0.05) is 13.8 Å². The van der Waals surface area contributed by atoms with Crippen molar-refractivity contribution in [3.05, 3.63) is 0 Å². The second kappa shape index (κ2) is 48.9. The molecule has 0 aromatic heterocycles. The third kappa shape index (κ3) is 1220. The molecule has 0 heterocycles. The molecule has 0 aliphatic rings.